The first-order valence-electron chi connectivity index (χ1n) is 2.72. The van der Waals surface area contributed by atoms with Gasteiger partial charge < -0.3 is 22.9 Å². The molecule has 0 rings (SSSR count). The third-order valence-electron chi connectivity index (χ3n) is 0.250. The van der Waals surface area contributed by atoms with Crippen LogP contribution in [0.15, 0.2) is 0 Å². The molecule has 0 aliphatic heterocycles. The molecule has 0 heterocycles. The fourth-order valence-corrected chi connectivity index (χ4v) is 0. The Balaban J connectivity index is -0.0000000886. The van der Waals surface area contributed by atoms with Crippen molar-refractivity contribution in [1.82, 2.24) is 0 Å². The van der Waals surface area contributed by atoms with Gasteiger partial charge in [-0.3, -0.25) is 0 Å². The molecule has 0 saturated carbocycles. The Labute approximate surface area is 74.2 Å². The van der Waals surface area contributed by atoms with Crippen LogP contribution in [-0.2, 0) is 24.6 Å². The Hall–Kier alpha value is 0.0894. The molecule has 4 N–H and O–H groups in total. The minimum absolute atomic E-state index is 0.236. The van der Waals surface area contributed by atoms with Gasteiger partial charge in [-0.15, -0.1) is 0 Å². The van der Waals surface area contributed by atoms with Gasteiger partial charge >= 0.3 is 24.6 Å². The second kappa shape index (κ2) is 32.2. The SMILES string of the molecule is [NH-]CC[NH-].[NH-]CC[NH-].[O]=[Tc+]=[O]. The van der Waals surface area contributed by atoms with E-state index in [1.165, 1.54) is 0 Å². The number of hydrogen-bond donors (Lipinski definition) is 0. The van der Waals surface area contributed by atoms with Crippen LogP contribution < -0.4 is 0 Å². The van der Waals surface area contributed by atoms with Gasteiger partial charge in [0.25, 0.3) is 0 Å². The first-order valence-corrected chi connectivity index (χ1v) is 4.24. The van der Waals surface area contributed by atoms with E-state index in [1.807, 2.05) is 0 Å². The third kappa shape index (κ3) is 151. The Morgan fingerprint density at radius 1 is 0.727 bits per heavy atom. The van der Waals surface area contributed by atoms with Gasteiger partial charge in [-0.05, 0) is 0 Å². The molecule has 6 nitrogen and oxygen atoms in total. The standard InChI is InChI=1S/2C2H6N2.2O.Tc/c2*3-1-2-4;;;/h2*3-4H,1-2H2;;;/q2*-2;;;+1. The van der Waals surface area contributed by atoms with Gasteiger partial charge in [0.05, 0.1) is 0 Å². The van der Waals surface area contributed by atoms with Crippen molar-refractivity contribution in [2.75, 3.05) is 26.2 Å². The van der Waals surface area contributed by atoms with Crippen molar-refractivity contribution in [2.45, 2.75) is 0 Å². The summed E-state index contributed by atoms with van der Waals surface area (Å²) in [7, 11) is 0. The second-order valence-electron chi connectivity index (χ2n) is 1.06. The predicted octanol–water partition coefficient (Wildman–Crippen LogP) is 1.94. The fraction of sp³-hybridized carbons (Fsp3) is 1.00. The molecular formula is C4H12N4O2Tc-3. The van der Waals surface area contributed by atoms with Crippen molar-refractivity contribution in [3.63, 3.8) is 0 Å². The molecule has 0 atom stereocenters. The van der Waals surface area contributed by atoms with Crippen LogP contribution in [-0.4, -0.2) is 26.2 Å². The molecule has 0 unspecified atom stereocenters. The number of hydrogen-bond acceptors (Lipinski definition) is 2. The molecule has 11 heavy (non-hydrogen) atoms. The maximum atomic E-state index is 8.48. The van der Waals surface area contributed by atoms with Gasteiger partial charge in [0.2, 0.25) is 0 Å². The summed E-state index contributed by atoms with van der Waals surface area (Å²) in [6.07, 6.45) is 0. The normalized spacial score (nSPS) is 6.55. The van der Waals surface area contributed by atoms with Crippen molar-refractivity contribution in [2.24, 2.45) is 0 Å². The summed E-state index contributed by atoms with van der Waals surface area (Å²) >= 11 is -1.91. The van der Waals surface area contributed by atoms with Crippen LogP contribution in [0, 0.1) is 0 Å². The van der Waals surface area contributed by atoms with Gasteiger partial charge in [-0.25, -0.2) is 0 Å². The Morgan fingerprint density at radius 3 is 0.818 bits per heavy atom. The zero-order valence-electron chi connectivity index (χ0n) is 6.02. The van der Waals surface area contributed by atoms with Crippen LogP contribution in [0.1, 0.15) is 0 Å². The Bertz CT molecular complexity index is 68.5. The second-order valence-corrected chi connectivity index (χ2v) is 1.37. The average Bonchev–Trinajstić information content (AvgIpc) is 2.06. The van der Waals surface area contributed by atoms with E-state index in [-0.39, 0.29) is 26.2 Å². The van der Waals surface area contributed by atoms with Gasteiger partial charge in [0.1, 0.15) is 0 Å². The molecule has 0 aromatic rings. The van der Waals surface area contributed by atoms with Crippen molar-refractivity contribution in [1.29, 1.82) is 0 Å². The van der Waals surface area contributed by atoms with Crippen LogP contribution in [0.2, 0.25) is 0 Å². The minimum atomic E-state index is -1.91. The molecule has 70 valence electrons. The van der Waals surface area contributed by atoms with E-state index in [0.717, 1.165) is 0 Å². The summed E-state index contributed by atoms with van der Waals surface area (Å²) < 4.78 is 17.0. The molecular weight excluding hydrogens is 234 g/mol. The molecule has 0 aliphatic carbocycles. The maximum absolute atomic E-state index is 8.48. The van der Waals surface area contributed by atoms with Crippen LogP contribution >= 0.6 is 0 Å². The first-order chi connectivity index (χ1) is 5.24. The molecule has 0 bridgehead atoms. The number of nitrogens with one attached hydrogen (secondary N) is 4. The molecule has 0 radical (unpaired) electrons. The van der Waals surface area contributed by atoms with Crippen LogP contribution in [0.3, 0.4) is 0 Å². The topological polar surface area (TPSA) is 129 Å². The Morgan fingerprint density at radius 2 is 0.818 bits per heavy atom. The number of rotatable bonds is 2. The average molecular weight is 246 g/mol. The van der Waals surface area contributed by atoms with E-state index < -0.39 is 17.6 Å². The molecule has 0 aromatic heterocycles. The van der Waals surface area contributed by atoms with Crippen molar-refractivity contribution >= 4 is 0 Å². The van der Waals surface area contributed by atoms with Gasteiger partial charge in [0.15, 0.2) is 0 Å². The van der Waals surface area contributed by atoms with Crippen LogP contribution in [0.5, 0.6) is 0 Å². The quantitative estimate of drug-likeness (QED) is 0.737. The van der Waals surface area contributed by atoms with E-state index in [0.29, 0.717) is 0 Å². The van der Waals surface area contributed by atoms with Crippen molar-refractivity contribution < 1.29 is 24.6 Å². The summed E-state index contributed by atoms with van der Waals surface area (Å²) in [5.41, 5.74) is 25.1. The predicted molar refractivity (Wildman–Crippen MR) is 38.1 cm³/mol. The molecule has 0 fully saturated rings. The zero-order valence-corrected chi connectivity index (χ0v) is 7.88. The summed E-state index contributed by atoms with van der Waals surface area (Å²) in [5.74, 6) is 0. The molecule has 0 spiro atoms. The summed E-state index contributed by atoms with van der Waals surface area (Å²) in [6.45, 7) is 0.944. The molecule has 7 heteroatoms. The van der Waals surface area contributed by atoms with Crippen molar-refractivity contribution in [3.05, 3.63) is 22.9 Å². The monoisotopic (exact) mass is 245 g/mol. The van der Waals surface area contributed by atoms with Crippen LogP contribution in [0.25, 0.3) is 22.9 Å². The summed E-state index contributed by atoms with van der Waals surface area (Å²) in [5, 5.41) is 0. The van der Waals surface area contributed by atoms with Crippen LogP contribution in [0.4, 0.5) is 0 Å². The van der Waals surface area contributed by atoms with E-state index in [4.69, 9.17) is 29.9 Å². The van der Waals surface area contributed by atoms with E-state index in [2.05, 4.69) is 0 Å². The van der Waals surface area contributed by atoms with Crippen molar-refractivity contribution in [3.8, 4) is 0 Å². The van der Waals surface area contributed by atoms with Gasteiger partial charge in [-0.2, -0.15) is 26.2 Å². The van der Waals surface area contributed by atoms with E-state index in [9.17, 15) is 0 Å². The van der Waals surface area contributed by atoms with E-state index >= 15 is 0 Å². The molecule has 0 amide bonds. The Kier molecular flexibility index (Phi) is 50.5. The molecule has 0 aliphatic rings. The van der Waals surface area contributed by atoms with Gasteiger partial charge in [0, 0.05) is 0 Å². The van der Waals surface area contributed by atoms with E-state index in [1.54, 1.807) is 0 Å². The summed E-state index contributed by atoms with van der Waals surface area (Å²) in [4.78, 5) is 0. The summed E-state index contributed by atoms with van der Waals surface area (Å²) in [6, 6.07) is 0. The molecule has 0 saturated heterocycles. The zero-order chi connectivity index (χ0) is 9.54. The third-order valence-corrected chi connectivity index (χ3v) is 0.250. The fourth-order valence-electron chi connectivity index (χ4n) is 0. The van der Waals surface area contributed by atoms with Gasteiger partial charge in [-0.1, -0.05) is 0 Å². The molecule has 0 aromatic carbocycles. The first kappa shape index (κ1) is 17.3.